The second-order valence-corrected chi connectivity index (χ2v) is 10.1. The van der Waals surface area contributed by atoms with Crippen molar-refractivity contribution in [2.45, 2.75) is 66.7 Å². The molecule has 3 nitrogen and oxygen atoms in total. The number of nitrogens with one attached hydrogen (secondary N) is 1. The SMILES string of the molecule is CCOc1cc(CNC(C)(C)CC(C)(C)C)cc(Br)c1OCc1ccc(F)cc1. The number of benzene rings is 2. The molecule has 5 heteroatoms. The third-order valence-electron chi connectivity index (χ3n) is 4.41. The zero-order valence-corrected chi connectivity index (χ0v) is 20.0. The van der Waals surface area contributed by atoms with Crippen LogP contribution in [0.2, 0.25) is 0 Å². The Bertz CT molecular complexity index is 798. The van der Waals surface area contributed by atoms with Gasteiger partial charge < -0.3 is 14.8 Å². The summed E-state index contributed by atoms with van der Waals surface area (Å²) in [5.74, 6) is 1.11. The molecule has 0 saturated carbocycles. The summed E-state index contributed by atoms with van der Waals surface area (Å²) >= 11 is 3.63. The fourth-order valence-corrected chi connectivity index (χ4v) is 4.20. The lowest BCUT2D eigenvalue weighted by Gasteiger charge is -2.33. The Morgan fingerprint density at radius 1 is 0.966 bits per heavy atom. The van der Waals surface area contributed by atoms with Crippen molar-refractivity contribution >= 4 is 15.9 Å². The second kappa shape index (κ2) is 9.94. The molecular formula is C24H33BrFNO2. The predicted molar refractivity (Wildman–Crippen MR) is 121 cm³/mol. The molecule has 0 spiro atoms. The normalized spacial score (nSPS) is 12.1. The van der Waals surface area contributed by atoms with Gasteiger partial charge >= 0.3 is 0 Å². The predicted octanol–water partition coefficient (Wildman–Crippen LogP) is 6.87. The van der Waals surface area contributed by atoms with Crippen LogP contribution < -0.4 is 14.8 Å². The van der Waals surface area contributed by atoms with E-state index >= 15 is 0 Å². The molecule has 2 aromatic rings. The standard InChI is InChI=1S/C24H33BrFNO2/c1-7-28-21-13-18(14-27-24(5,6)16-23(2,3)4)12-20(25)22(21)29-15-17-8-10-19(26)11-9-17/h8-13,27H,7,14-16H2,1-6H3. The molecule has 0 heterocycles. The Kier molecular flexibility index (Phi) is 8.12. The van der Waals surface area contributed by atoms with Crippen molar-refractivity contribution in [1.82, 2.24) is 5.32 Å². The van der Waals surface area contributed by atoms with Crippen LogP contribution in [0.25, 0.3) is 0 Å². The molecule has 0 amide bonds. The van der Waals surface area contributed by atoms with Gasteiger partial charge in [0, 0.05) is 12.1 Å². The molecule has 0 aliphatic carbocycles. The van der Waals surface area contributed by atoms with Crippen LogP contribution in [0.5, 0.6) is 11.5 Å². The molecule has 0 radical (unpaired) electrons. The van der Waals surface area contributed by atoms with Crippen molar-refractivity contribution in [3.8, 4) is 11.5 Å². The summed E-state index contributed by atoms with van der Waals surface area (Å²) in [7, 11) is 0. The maximum Gasteiger partial charge on any atom is 0.175 e. The summed E-state index contributed by atoms with van der Waals surface area (Å²) < 4.78 is 25.8. The van der Waals surface area contributed by atoms with Crippen LogP contribution in [-0.4, -0.2) is 12.1 Å². The van der Waals surface area contributed by atoms with Crippen LogP contribution in [0.3, 0.4) is 0 Å². The van der Waals surface area contributed by atoms with Crippen LogP contribution in [-0.2, 0) is 13.2 Å². The number of hydrogen-bond donors (Lipinski definition) is 1. The third-order valence-corrected chi connectivity index (χ3v) is 5.00. The van der Waals surface area contributed by atoms with Gasteiger partial charge in [0.05, 0.1) is 11.1 Å². The van der Waals surface area contributed by atoms with Gasteiger partial charge in [-0.3, -0.25) is 0 Å². The summed E-state index contributed by atoms with van der Waals surface area (Å²) in [5.41, 5.74) is 2.30. The zero-order valence-electron chi connectivity index (χ0n) is 18.4. The summed E-state index contributed by atoms with van der Waals surface area (Å²) in [5, 5.41) is 3.66. The van der Waals surface area contributed by atoms with E-state index in [1.54, 1.807) is 12.1 Å². The van der Waals surface area contributed by atoms with E-state index in [0.29, 0.717) is 24.7 Å². The van der Waals surface area contributed by atoms with Crippen LogP contribution in [0.4, 0.5) is 4.39 Å². The topological polar surface area (TPSA) is 30.5 Å². The molecule has 0 bridgehead atoms. The van der Waals surface area contributed by atoms with Gasteiger partial charge in [0.2, 0.25) is 0 Å². The number of halogens is 2. The van der Waals surface area contributed by atoms with E-state index < -0.39 is 0 Å². The monoisotopic (exact) mass is 465 g/mol. The molecule has 0 atom stereocenters. The number of hydrogen-bond acceptors (Lipinski definition) is 3. The quantitative estimate of drug-likeness (QED) is 0.438. The highest BCUT2D eigenvalue weighted by atomic mass is 79.9. The van der Waals surface area contributed by atoms with Gasteiger partial charge in [0.1, 0.15) is 12.4 Å². The van der Waals surface area contributed by atoms with Crippen LogP contribution >= 0.6 is 15.9 Å². The van der Waals surface area contributed by atoms with Gasteiger partial charge in [0.25, 0.3) is 0 Å². The largest absolute Gasteiger partial charge is 0.490 e. The fraction of sp³-hybridized carbons (Fsp3) is 0.500. The maximum absolute atomic E-state index is 13.1. The van der Waals surface area contributed by atoms with Gasteiger partial charge in [-0.25, -0.2) is 4.39 Å². The van der Waals surface area contributed by atoms with E-state index in [1.807, 2.05) is 13.0 Å². The van der Waals surface area contributed by atoms with Gasteiger partial charge in [-0.05, 0) is 83.9 Å². The highest BCUT2D eigenvalue weighted by molar-refractivity contribution is 9.10. The Morgan fingerprint density at radius 2 is 1.62 bits per heavy atom. The first-order valence-corrected chi connectivity index (χ1v) is 10.9. The molecule has 29 heavy (non-hydrogen) atoms. The summed E-state index contributed by atoms with van der Waals surface area (Å²) in [6, 6.07) is 10.4. The molecule has 0 saturated heterocycles. The molecule has 1 N–H and O–H groups in total. The minimum atomic E-state index is -0.254. The van der Waals surface area contributed by atoms with E-state index in [-0.39, 0.29) is 16.8 Å². The first-order chi connectivity index (χ1) is 13.5. The molecule has 0 unspecified atom stereocenters. The highest BCUT2D eigenvalue weighted by Gasteiger charge is 2.25. The highest BCUT2D eigenvalue weighted by Crippen LogP contribution is 2.38. The molecule has 2 rings (SSSR count). The lowest BCUT2D eigenvalue weighted by atomic mass is 9.82. The maximum atomic E-state index is 13.1. The Balaban J connectivity index is 2.13. The minimum Gasteiger partial charge on any atom is -0.490 e. The van der Waals surface area contributed by atoms with Crippen molar-refractivity contribution in [3.63, 3.8) is 0 Å². The molecule has 160 valence electrons. The Hall–Kier alpha value is -1.59. The molecule has 0 aromatic heterocycles. The van der Waals surface area contributed by atoms with Crippen LogP contribution in [0.1, 0.15) is 59.1 Å². The van der Waals surface area contributed by atoms with Crippen molar-refractivity contribution < 1.29 is 13.9 Å². The Labute approximate surface area is 183 Å². The van der Waals surface area contributed by atoms with Crippen LogP contribution in [0, 0.1) is 11.2 Å². The average Bonchev–Trinajstić information content (AvgIpc) is 2.59. The molecule has 0 fully saturated rings. The van der Waals surface area contributed by atoms with E-state index in [4.69, 9.17) is 9.47 Å². The molecule has 2 aromatic carbocycles. The van der Waals surface area contributed by atoms with Crippen molar-refractivity contribution in [2.24, 2.45) is 5.41 Å². The van der Waals surface area contributed by atoms with E-state index in [9.17, 15) is 4.39 Å². The zero-order chi connectivity index (χ0) is 21.7. The van der Waals surface area contributed by atoms with Crippen LogP contribution in [0.15, 0.2) is 40.9 Å². The lowest BCUT2D eigenvalue weighted by Crippen LogP contribution is -2.41. The lowest BCUT2D eigenvalue weighted by molar-refractivity contribution is 0.240. The summed E-state index contributed by atoms with van der Waals surface area (Å²) in [4.78, 5) is 0. The van der Waals surface area contributed by atoms with Crippen molar-refractivity contribution in [2.75, 3.05) is 6.61 Å². The number of ether oxygens (including phenoxy) is 2. The average molecular weight is 466 g/mol. The minimum absolute atomic E-state index is 0.0221. The van der Waals surface area contributed by atoms with Gasteiger partial charge in [-0.15, -0.1) is 0 Å². The summed E-state index contributed by atoms with van der Waals surface area (Å²) in [6.45, 7) is 14.8. The first kappa shape index (κ1) is 23.7. The smallest absolute Gasteiger partial charge is 0.175 e. The van der Waals surface area contributed by atoms with Gasteiger partial charge in [-0.2, -0.15) is 0 Å². The molecule has 0 aliphatic rings. The Morgan fingerprint density at radius 3 is 2.21 bits per heavy atom. The summed E-state index contributed by atoms with van der Waals surface area (Å²) in [6.07, 6.45) is 1.07. The van der Waals surface area contributed by atoms with Gasteiger partial charge in [-0.1, -0.05) is 32.9 Å². The van der Waals surface area contributed by atoms with E-state index in [0.717, 1.165) is 28.6 Å². The van der Waals surface area contributed by atoms with E-state index in [1.165, 1.54) is 12.1 Å². The molecule has 0 aliphatic heterocycles. The third kappa shape index (κ3) is 7.98. The number of rotatable bonds is 9. The van der Waals surface area contributed by atoms with Gasteiger partial charge in [0.15, 0.2) is 11.5 Å². The first-order valence-electron chi connectivity index (χ1n) is 10.1. The van der Waals surface area contributed by atoms with Crippen molar-refractivity contribution in [3.05, 3.63) is 57.8 Å². The van der Waals surface area contributed by atoms with E-state index in [2.05, 4.69) is 61.9 Å². The molecular weight excluding hydrogens is 433 g/mol. The fourth-order valence-electron chi connectivity index (χ4n) is 3.59. The van der Waals surface area contributed by atoms with Crippen molar-refractivity contribution in [1.29, 1.82) is 0 Å². The second-order valence-electron chi connectivity index (χ2n) is 9.23.